The number of fused-ring (bicyclic) bond motifs is 5. The molecule has 136 valence electrons. The molecule has 1 heterocycles. The average Bonchev–Trinajstić information content (AvgIpc) is 2.72. The summed E-state index contributed by atoms with van der Waals surface area (Å²) in [6.07, 6.45) is 1.37. The summed E-state index contributed by atoms with van der Waals surface area (Å²) in [4.78, 5) is 12.8. The Hall–Kier alpha value is -2.46. The summed E-state index contributed by atoms with van der Waals surface area (Å²) in [6, 6.07) is 22.9. The Kier molecular flexibility index (Phi) is 4.13. The van der Waals surface area contributed by atoms with Crippen LogP contribution in [-0.4, -0.2) is 15.0 Å². The van der Waals surface area contributed by atoms with Gasteiger partial charge in [-0.25, -0.2) is 15.0 Å². The van der Waals surface area contributed by atoms with Gasteiger partial charge in [0, 0.05) is 10.9 Å². The summed E-state index contributed by atoms with van der Waals surface area (Å²) in [5, 5.41) is 6.86. The van der Waals surface area contributed by atoms with E-state index in [0.717, 1.165) is 21.7 Å². The number of benzene rings is 4. The van der Waals surface area contributed by atoms with Gasteiger partial charge in [0.25, 0.3) is 0 Å². The first-order chi connectivity index (χ1) is 13.5. The van der Waals surface area contributed by atoms with Crippen molar-refractivity contribution in [1.82, 2.24) is 15.0 Å². The zero-order valence-electron chi connectivity index (χ0n) is 14.4. The summed E-state index contributed by atoms with van der Waals surface area (Å²) in [5.41, 5.74) is 0.872. The Balaban J connectivity index is 1.88. The van der Waals surface area contributed by atoms with Crippen LogP contribution in [0.3, 0.4) is 0 Å². The summed E-state index contributed by atoms with van der Waals surface area (Å²) < 4.78 is -1.71. The molecule has 0 N–H and O–H groups in total. The normalized spacial score (nSPS) is 12.1. The molecule has 0 radical (unpaired) electrons. The number of alkyl halides is 3. The van der Waals surface area contributed by atoms with Crippen molar-refractivity contribution in [3.05, 3.63) is 78.9 Å². The van der Waals surface area contributed by atoms with Crippen LogP contribution in [0, 0.1) is 0 Å². The number of aromatic nitrogens is 3. The van der Waals surface area contributed by atoms with Gasteiger partial charge < -0.3 is 0 Å². The highest BCUT2D eigenvalue weighted by Crippen LogP contribution is 2.38. The lowest BCUT2D eigenvalue weighted by Crippen LogP contribution is -2.08. The van der Waals surface area contributed by atoms with Crippen LogP contribution in [0.5, 0.6) is 0 Å². The summed E-state index contributed by atoms with van der Waals surface area (Å²) in [6.45, 7) is 0. The minimum atomic E-state index is -1.71. The van der Waals surface area contributed by atoms with E-state index < -0.39 is 3.79 Å². The molecular weight excluding hydrogens is 413 g/mol. The van der Waals surface area contributed by atoms with Crippen molar-refractivity contribution in [3.63, 3.8) is 0 Å². The second kappa shape index (κ2) is 6.56. The lowest BCUT2D eigenvalue weighted by molar-refractivity contribution is 0.925. The fourth-order valence-electron chi connectivity index (χ4n) is 3.62. The van der Waals surface area contributed by atoms with Gasteiger partial charge in [-0.2, -0.15) is 0 Å². The SMILES string of the molecule is ClC(Cl)(Cl)c1ncnc(-c2cccc3ccc4c5ccccc5ccc4c23)n1. The molecule has 0 fully saturated rings. The third-order valence-electron chi connectivity index (χ3n) is 4.83. The third-order valence-corrected chi connectivity index (χ3v) is 5.34. The highest BCUT2D eigenvalue weighted by Gasteiger charge is 2.27. The highest BCUT2D eigenvalue weighted by molar-refractivity contribution is 6.66. The summed E-state index contributed by atoms with van der Waals surface area (Å²) >= 11 is 17.9. The van der Waals surface area contributed by atoms with E-state index >= 15 is 0 Å². The van der Waals surface area contributed by atoms with E-state index in [0.29, 0.717) is 5.82 Å². The number of hydrogen-bond donors (Lipinski definition) is 0. The molecule has 4 aromatic carbocycles. The Morgan fingerprint density at radius 1 is 0.643 bits per heavy atom. The molecule has 0 aliphatic carbocycles. The Morgan fingerprint density at radius 3 is 2.25 bits per heavy atom. The van der Waals surface area contributed by atoms with Crippen molar-refractivity contribution < 1.29 is 0 Å². The zero-order valence-corrected chi connectivity index (χ0v) is 16.7. The number of halogens is 3. The van der Waals surface area contributed by atoms with E-state index in [1.54, 1.807) is 0 Å². The van der Waals surface area contributed by atoms with Crippen LogP contribution in [0.1, 0.15) is 5.82 Å². The molecule has 0 amide bonds. The molecule has 6 heteroatoms. The molecule has 0 saturated heterocycles. The largest absolute Gasteiger partial charge is 0.250 e. The first kappa shape index (κ1) is 17.6. The first-order valence-electron chi connectivity index (χ1n) is 8.62. The van der Waals surface area contributed by atoms with E-state index in [1.165, 1.54) is 22.5 Å². The predicted molar refractivity (Wildman–Crippen MR) is 117 cm³/mol. The van der Waals surface area contributed by atoms with E-state index in [1.807, 2.05) is 18.2 Å². The molecule has 5 rings (SSSR count). The molecule has 0 aliphatic rings. The maximum absolute atomic E-state index is 5.97. The molecule has 0 saturated carbocycles. The van der Waals surface area contributed by atoms with E-state index in [2.05, 4.69) is 63.5 Å². The van der Waals surface area contributed by atoms with Crippen LogP contribution in [0.15, 0.2) is 73.1 Å². The Labute approximate surface area is 175 Å². The van der Waals surface area contributed by atoms with Crippen molar-refractivity contribution in [3.8, 4) is 11.4 Å². The zero-order chi connectivity index (χ0) is 19.3. The van der Waals surface area contributed by atoms with Crippen LogP contribution in [0.2, 0.25) is 0 Å². The lowest BCUT2D eigenvalue weighted by Gasteiger charge is -2.13. The van der Waals surface area contributed by atoms with Crippen molar-refractivity contribution in [2.45, 2.75) is 3.79 Å². The monoisotopic (exact) mass is 423 g/mol. The van der Waals surface area contributed by atoms with Crippen LogP contribution in [-0.2, 0) is 3.79 Å². The third kappa shape index (κ3) is 2.87. The summed E-state index contributed by atoms with van der Waals surface area (Å²) in [5.74, 6) is 0.577. The van der Waals surface area contributed by atoms with Crippen LogP contribution in [0.4, 0.5) is 0 Å². The standard InChI is InChI=1S/C22H12Cl3N3/c23-22(24,25)21-27-12-26-20(28-21)18-7-3-5-14-9-10-16-15-6-2-1-4-13(15)8-11-17(16)19(14)18/h1-12H. The topological polar surface area (TPSA) is 38.7 Å². The minimum absolute atomic E-state index is 0.102. The summed E-state index contributed by atoms with van der Waals surface area (Å²) in [7, 11) is 0. The van der Waals surface area contributed by atoms with Crippen molar-refractivity contribution >= 4 is 67.1 Å². The van der Waals surface area contributed by atoms with Gasteiger partial charge in [0.2, 0.25) is 3.79 Å². The quantitative estimate of drug-likeness (QED) is 0.219. The lowest BCUT2D eigenvalue weighted by atomic mass is 9.94. The maximum Gasteiger partial charge on any atom is 0.250 e. The van der Waals surface area contributed by atoms with Crippen LogP contribution >= 0.6 is 34.8 Å². The van der Waals surface area contributed by atoms with E-state index in [4.69, 9.17) is 34.8 Å². The Morgan fingerprint density at radius 2 is 1.39 bits per heavy atom. The molecule has 0 aliphatic heterocycles. The van der Waals surface area contributed by atoms with Gasteiger partial charge >= 0.3 is 0 Å². The number of nitrogens with zero attached hydrogens (tertiary/aromatic N) is 3. The molecule has 0 unspecified atom stereocenters. The van der Waals surface area contributed by atoms with Gasteiger partial charge in [-0.1, -0.05) is 102 Å². The van der Waals surface area contributed by atoms with Gasteiger partial charge in [0.15, 0.2) is 11.6 Å². The molecule has 0 spiro atoms. The van der Waals surface area contributed by atoms with Gasteiger partial charge in [-0.3, -0.25) is 0 Å². The smallest absolute Gasteiger partial charge is 0.217 e. The number of hydrogen-bond acceptors (Lipinski definition) is 3. The molecular formula is C22H12Cl3N3. The molecule has 3 nitrogen and oxygen atoms in total. The predicted octanol–water partition coefficient (Wildman–Crippen LogP) is 6.82. The van der Waals surface area contributed by atoms with Crippen LogP contribution in [0.25, 0.3) is 43.7 Å². The van der Waals surface area contributed by atoms with Gasteiger partial charge in [-0.05, 0) is 26.9 Å². The second-order valence-electron chi connectivity index (χ2n) is 6.48. The van der Waals surface area contributed by atoms with Crippen molar-refractivity contribution in [2.24, 2.45) is 0 Å². The number of rotatable bonds is 1. The first-order valence-corrected chi connectivity index (χ1v) is 9.75. The Bertz CT molecular complexity index is 1360. The molecule has 28 heavy (non-hydrogen) atoms. The van der Waals surface area contributed by atoms with Crippen molar-refractivity contribution in [1.29, 1.82) is 0 Å². The average molecular weight is 425 g/mol. The van der Waals surface area contributed by atoms with Gasteiger partial charge in [-0.15, -0.1) is 0 Å². The highest BCUT2D eigenvalue weighted by atomic mass is 35.6. The van der Waals surface area contributed by atoms with Gasteiger partial charge in [0.05, 0.1) is 0 Å². The maximum atomic E-state index is 5.97. The molecule has 5 aromatic rings. The molecule has 1 aromatic heterocycles. The van der Waals surface area contributed by atoms with E-state index in [-0.39, 0.29) is 5.82 Å². The molecule has 0 atom stereocenters. The van der Waals surface area contributed by atoms with Crippen molar-refractivity contribution in [2.75, 3.05) is 0 Å². The van der Waals surface area contributed by atoms with Gasteiger partial charge in [0.1, 0.15) is 6.33 Å². The minimum Gasteiger partial charge on any atom is -0.217 e. The van der Waals surface area contributed by atoms with Crippen LogP contribution < -0.4 is 0 Å². The fraction of sp³-hybridized carbons (Fsp3) is 0.0455. The fourth-order valence-corrected chi connectivity index (χ4v) is 3.90. The second-order valence-corrected chi connectivity index (χ2v) is 8.76. The van der Waals surface area contributed by atoms with E-state index in [9.17, 15) is 0 Å². The molecule has 0 bridgehead atoms.